The monoisotopic (exact) mass is 242 g/mol. The van der Waals surface area contributed by atoms with Crippen molar-refractivity contribution in [2.45, 2.75) is 39.8 Å². The third kappa shape index (κ3) is 3.57. The van der Waals surface area contributed by atoms with E-state index in [9.17, 15) is 4.79 Å². The lowest BCUT2D eigenvalue weighted by Gasteiger charge is -2.16. The smallest absolute Gasteiger partial charge is 0.322 e. The van der Waals surface area contributed by atoms with Crippen molar-refractivity contribution in [1.29, 1.82) is 0 Å². The van der Waals surface area contributed by atoms with Gasteiger partial charge in [-0.3, -0.25) is 10.1 Å². The van der Waals surface area contributed by atoms with E-state index in [1.807, 2.05) is 19.2 Å². The van der Waals surface area contributed by atoms with E-state index in [0.29, 0.717) is 6.61 Å². The largest absolute Gasteiger partial charge is 0.465 e. The highest BCUT2D eigenvalue weighted by Gasteiger charge is 2.18. The Morgan fingerprint density at radius 3 is 2.81 bits per heavy atom. The molecule has 1 aromatic rings. The number of esters is 1. The van der Waals surface area contributed by atoms with Crippen LogP contribution in [0.5, 0.6) is 0 Å². The minimum atomic E-state index is -0.306. The minimum absolute atomic E-state index is 0.0677. The molecule has 0 radical (unpaired) electrons. The molecule has 1 rings (SSSR count). The van der Waals surface area contributed by atoms with E-state index in [1.165, 1.54) is 0 Å². The Bertz CT molecular complexity index is 352. The van der Waals surface area contributed by atoms with E-state index in [0.717, 1.165) is 10.7 Å². The van der Waals surface area contributed by atoms with E-state index in [1.54, 1.807) is 25.2 Å². The van der Waals surface area contributed by atoms with Gasteiger partial charge in [0.1, 0.15) is 11.0 Å². The zero-order valence-corrected chi connectivity index (χ0v) is 10.9. The van der Waals surface area contributed by atoms with Gasteiger partial charge < -0.3 is 4.74 Å². The first kappa shape index (κ1) is 13.1. The molecule has 2 unspecified atom stereocenters. The maximum absolute atomic E-state index is 11.4. The van der Waals surface area contributed by atoms with Crippen LogP contribution < -0.4 is 5.32 Å². The number of rotatable bonds is 5. The summed E-state index contributed by atoms with van der Waals surface area (Å²) in [6.45, 7) is 7.97. The molecule has 0 aromatic carbocycles. The molecule has 5 heteroatoms. The summed E-state index contributed by atoms with van der Waals surface area (Å²) >= 11 is 1.60. The van der Waals surface area contributed by atoms with Crippen molar-refractivity contribution >= 4 is 17.3 Å². The third-order valence-electron chi connectivity index (χ3n) is 2.15. The van der Waals surface area contributed by atoms with Crippen molar-refractivity contribution in [1.82, 2.24) is 10.3 Å². The normalized spacial score (nSPS) is 14.5. The standard InChI is InChI=1S/C11H18N2O2S/c1-5-15-11(14)9(4)13-8(3)10-12-7(2)6-16-10/h6,8-9,13H,5H2,1-4H3. The molecular formula is C11H18N2O2S. The summed E-state index contributed by atoms with van der Waals surface area (Å²) in [5.41, 5.74) is 1.01. The molecule has 0 aliphatic carbocycles. The van der Waals surface area contributed by atoms with Crippen LogP contribution in [0.3, 0.4) is 0 Å². The van der Waals surface area contributed by atoms with Crippen molar-refractivity contribution in [3.8, 4) is 0 Å². The minimum Gasteiger partial charge on any atom is -0.465 e. The first-order valence-electron chi connectivity index (χ1n) is 5.39. The zero-order chi connectivity index (χ0) is 12.1. The SMILES string of the molecule is CCOC(=O)C(C)NC(C)c1nc(C)cs1. The number of carbonyl (C=O) groups is 1. The number of nitrogens with zero attached hydrogens (tertiary/aromatic N) is 1. The summed E-state index contributed by atoms with van der Waals surface area (Å²) < 4.78 is 4.93. The van der Waals surface area contributed by atoms with Crippen molar-refractivity contribution in [3.63, 3.8) is 0 Å². The second kappa shape index (κ2) is 5.96. The fourth-order valence-electron chi connectivity index (χ4n) is 1.35. The van der Waals surface area contributed by atoms with Gasteiger partial charge in [0.15, 0.2) is 0 Å². The molecule has 16 heavy (non-hydrogen) atoms. The van der Waals surface area contributed by atoms with Crippen molar-refractivity contribution in [3.05, 3.63) is 16.1 Å². The maximum Gasteiger partial charge on any atom is 0.322 e. The van der Waals surface area contributed by atoms with Crippen molar-refractivity contribution in [2.75, 3.05) is 6.61 Å². The van der Waals surface area contributed by atoms with Gasteiger partial charge in [0, 0.05) is 11.1 Å². The Morgan fingerprint density at radius 1 is 1.62 bits per heavy atom. The Balaban J connectivity index is 2.51. The number of hydrogen-bond donors (Lipinski definition) is 1. The zero-order valence-electron chi connectivity index (χ0n) is 10.1. The van der Waals surface area contributed by atoms with Crippen molar-refractivity contribution < 1.29 is 9.53 Å². The van der Waals surface area contributed by atoms with Gasteiger partial charge in [0.05, 0.1) is 12.6 Å². The molecular weight excluding hydrogens is 224 g/mol. The summed E-state index contributed by atoms with van der Waals surface area (Å²) in [6.07, 6.45) is 0. The van der Waals surface area contributed by atoms with Crippen LogP contribution in [0.25, 0.3) is 0 Å². The molecule has 0 saturated heterocycles. The van der Waals surface area contributed by atoms with Gasteiger partial charge in [-0.05, 0) is 27.7 Å². The van der Waals surface area contributed by atoms with Gasteiger partial charge in [-0.25, -0.2) is 4.98 Å². The summed E-state index contributed by atoms with van der Waals surface area (Å²) in [5.74, 6) is -0.220. The summed E-state index contributed by atoms with van der Waals surface area (Å²) in [4.78, 5) is 15.8. The summed E-state index contributed by atoms with van der Waals surface area (Å²) in [6, 6.07) is -0.239. The second-order valence-electron chi connectivity index (χ2n) is 3.69. The fourth-order valence-corrected chi connectivity index (χ4v) is 2.17. The number of hydrogen-bond acceptors (Lipinski definition) is 5. The average Bonchev–Trinajstić information content (AvgIpc) is 2.65. The van der Waals surface area contributed by atoms with E-state index in [4.69, 9.17) is 4.74 Å². The Morgan fingerprint density at radius 2 is 2.31 bits per heavy atom. The molecule has 0 aliphatic rings. The molecule has 0 spiro atoms. The molecule has 0 amide bonds. The lowest BCUT2D eigenvalue weighted by molar-refractivity contribution is -0.145. The molecule has 1 N–H and O–H groups in total. The molecule has 2 atom stereocenters. The molecule has 1 heterocycles. The lowest BCUT2D eigenvalue weighted by Crippen LogP contribution is -2.37. The molecule has 1 aromatic heterocycles. The van der Waals surface area contributed by atoms with Crippen LogP contribution in [-0.4, -0.2) is 23.6 Å². The predicted molar refractivity (Wildman–Crippen MR) is 64.5 cm³/mol. The lowest BCUT2D eigenvalue weighted by atomic mass is 10.2. The molecule has 0 bridgehead atoms. The van der Waals surface area contributed by atoms with Gasteiger partial charge in [-0.15, -0.1) is 11.3 Å². The number of thiazole rings is 1. The first-order chi connectivity index (χ1) is 7.54. The highest BCUT2D eigenvalue weighted by molar-refractivity contribution is 7.09. The number of carbonyl (C=O) groups excluding carboxylic acids is 1. The maximum atomic E-state index is 11.4. The quantitative estimate of drug-likeness (QED) is 0.803. The molecule has 90 valence electrons. The molecule has 0 saturated carbocycles. The van der Waals surface area contributed by atoms with Gasteiger partial charge in [0.25, 0.3) is 0 Å². The highest BCUT2D eigenvalue weighted by atomic mass is 32.1. The molecule has 4 nitrogen and oxygen atoms in total. The molecule has 0 fully saturated rings. The summed E-state index contributed by atoms with van der Waals surface area (Å²) in [7, 11) is 0. The average molecular weight is 242 g/mol. The van der Waals surface area contributed by atoms with E-state index in [2.05, 4.69) is 10.3 Å². The topological polar surface area (TPSA) is 51.2 Å². The van der Waals surface area contributed by atoms with E-state index >= 15 is 0 Å². The molecule has 0 aliphatic heterocycles. The van der Waals surface area contributed by atoms with E-state index in [-0.39, 0.29) is 18.1 Å². The van der Waals surface area contributed by atoms with Crippen LogP contribution in [0, 0.1) is 6.92 Å². The number of nitrogens with one attached hydrogen (secondary N) is 1. The Labute approximate surface area is 100 Å². The number of aromatic nitrogens is 1. The Hall–Kier alpha value is -0.940. The predicted octanol–water partition coefficient (Wildman–Crippen LogP) is 2.05. The van der Waals surface area contributed by atoms with Crippen LogP contribution in [0.4, 0.5) is 0 Å². The highest BCUT2D eigenvalue weighted by Crippen LogP contribution is 2.17. The number of aryl methyl sites for hydroxylation is 1. The fraction of sp³-hybridized carbons (Fsp3) is 0.636. The van der Waals surface area contributed by atoms with Crippen LogP contribution in [0.15, 0.2) is 5.38 Å². The van der Waals surface area contributed by atoms with Gasteiger partial charge in [-0.1, -0.05) is 0 Å². The van der Waals surface area contributed by atoms with Gasteiger partial charge >= 0.3 is 5.97 Å². The number of ether oxygens (including phenoxy) is 1. The van der Waals surface area contributed by atoms with Gasteiger partial charge in [-0.2, -0.15) is 0 Å². The summed E-state index contributed by atoms with van der Waals surface area (Å²) in [5, 5.41) is 6.16. The van der Waals surface area contributed by atoms with Crippen LogP contribution in [0.2, 0.25) is 0 Å². The van der Waals surface area contributed by atoms with Crippen LogP contribution >= 0.6 is 11.3 Å². The Kier molecular flexibility index (Phi) is 4.89. The van der Waals surface area contributed by atoms with Gasteiger partial charge in [0.2, 0.25) is 0 Å². The second-order valence-corrected chi connectivity index (χ2v) is 4.58. The van der Waals surface area contributed by atoms with Crippen LogP contribution in [0.1, 0.15) is 37.5 Å². The van der Waals surface area contributed by atoms with Crippen molar-refractivity contribution in [2.24, 2.45) is 0 Å². The third-order valence-corrected chi connectivity index (χ3v) is 3.29. The van der Waals surface area contributed by atoms with Crippen LogP contribution in [-0.2, 0) is 9.53 Å². The van der Waals surface area contributed by atoms with E-state index < -0.39 is 0 Å². The first-order valence-corrected chi connectivity index (χ1v) is 6.27.